The highest BCUT2D eigenvalue weighted by atomic mass is 16.5. The summed E-state index contributed by atoms with van der Waals surface area (Å²) in [7, 11) is 0. The van der Waals surface area contributed by atoms with E-state index in [4.69, 9.17) is 10.5 Å². The van der Waals surface area contributed by atoms with Crippen molar-refractivity contribution in [2.45, 2.75) is 32.6 Å². The molecule has 2 atom stereocenters. The largest absolute Gasteiger partial charge is 0.372 e. The number of hydrogen-bond donors (Lipinski definition) is 1. The fourth-order valence-corrected chi connectivity index (χ4v) is 2.00. The molecule has 0 radical (unpaired) electrons. The average molecular weight is 222 g/mol. The van der Waals surface area contributed by atoms with Gasteiger partial charge in [-0.2, -0.15) is 5.10 Å². The van der Waals surface area contributed by atoms with Crippen molar-refractivity contribution in [3.05, 3.63) is 17.8 Å². The van der Waals surface area contributed by atoms with E-state index in [2.05, 4.69) is 28.9 Å². The van der Waals surface area contributed by atoms with Crippen LogP contribution in [-0.4, -0.2) is 35.5 Å². The Bertz CT molecular complexity index is 330. The van der Waals surface area contributed by atoms with Crippen LogP contribution in [-0.2, 0) is 11.3 Å². The SMILES string of the molecule is CC1CN(c2ccc(CN)nn2)CC(C)O1. The Morgan fingerprint density at radius 1 is 1.31 bits per heavy atom. The molecular weight excluding hydrogens is 204 g/mol. The lowest BCUT2D eigenvalue weighted by atomic mass is 10.2. The summed E-state index contributed by atoms with van der Waals surface area (Å²) in [4.78, 5) is 2.20. The zero-order valence-corrected chi connectivity index (χ0v) is 9.76. The normalized spacial score (nSPS) is 25.8. The van der Waals surface area contributed by atoms with E-state index in [1.54, 1.807) is 0 Å². The van der Waals surface area contributed by atoms with Crippen LogP contribution in [0.2, 0.25) is 0 Å². The van der Waals surface area contributed by atoms with Crippen LogP contribution in [0.25, 0.3) is 0 Å². The number of anilines is 1. The zero-order chi connectivity index (χ0) is 11.5. The zero-order valence-electron chi connectivity index (χ0n) is 9.76. The molecule has 0 bridgehead atoms. The Balaban J connectivity index is 2.10. The van der Waals surface area contributed by atoms with Crippen molar-refractivity contribution < 1.29 is 4.74 Å². The van der Waals surface area contributed by atoms with E-state index < -0.39 is 0 Å². The molecule has 5 nitrogen and oxygen atoms in total. The van der Waals surface area contributed by atoms with Crippen molar-refractivity contribution in [2.75, 3.05) is 18.0 Å². The van der Waals surface area contributed by atoms with Crippen LogP contribution < -0.4 is 10.6 Å². The molecule has 5 heteroatoms. The number of morpholine rings is 1. The highest BCUT2D eigenvalue weighted by Gasteiger charge is 2.23. The molecular formula is C11H18N4O. The molecule has 0 saturated carbocycles. The van der Waals surface area contributed by atoms with Crippen LogP contribution in [0.15, 0.2) is 12.1 Å². The Hall–Kier alpha value is -1.20. The highest BCUT2D eigenvalue weighted by molar-refractivity contribution is 5.38. The molecule has 1 fully saturated rings. The minimum Gasteiger partial charge on any atom is -0.372 e. The van der Waals surface area contributed by atoms with Crippen molar-refractivity contribution in [1.82, 2.24) is 10.2 Å². The number of rotatable bonds is 2. The number of ether oxygens (including phenoxy) is 1. The maximum absolute atomic E-state index is 5.67. The lowest BCUT2D eigenvalue weighted by Gasteiger charge is -2.35. The van der Waals surface area contributed by atoms with Gasteiger partial charge in [0.1, 0.15) is 0 Å². The van der Waals surface area contributed by atoms with Crippen LogP contribution in [0.1, 0.15) is 19.5 Å². The standard InChI is InChI=1S/C11H18N4O/c1-8-6-15(7-9(2)16-8)11-4-3-10(5-12)13-14-11/h3-4,8-9H,5-7,12H2,1-2H3. The van der Waals surface area contributed by atoms with Gasteiger partial charge >= 0.3 is 0 Å². The van der Waals surface area contributed by atoms with Gasteiger partial charge in [-0.15, -0.1) is 5.10 Å². The number of nitrogens with two attached hydrogens (primary N) is 1. The predicted octanol–water partition coefficient (Wildman–Crippen LogP) is 0.549. The first kappa shape index (κ1) is 11.3. The molecule has 1 aromatic rings. The van der Waals surface area contributed by atoms with E-state index in [-0.39, 0.29) is 12.2 Å². The molecule has 0 amide bonds. The van der Waals surface area contributed by atoms with Gasteiger partial charge in [0.25, 0.3) is 0 Å². The minimum atomic E-state index is 0.236. The monoisotopic (exact) mass is 222 g/mol. The van der Waals surface area contributed by atoms with Gasteiger partial charge in [-0.05, 0) is 26.0 Å². The molecule has 0 aliphatic carbocycles. The second-order valence-electron chi connectivity index (χ2n) is 4.25. The van der Waals surface area contributed by atoms with Crippen molar-refractivity contribution in [3.63, 3.8) is 0 Å². The maximum atomic E-state index is 5.67. The summed E-state index contributed by atoms with van der Waals surface area (Å²) in [6.07, 6.45) is 0.472. The van der Waals surface area contributed by atoms with E-state index in [1.807, 2.05) is 12.1 Å². The molecule has 2 N–H and O–H groups in total. The third kappa shape index (κ3) is 2.48. The van der Waals surface area contributed by atoms with Gasteiger partial charge in [-0.1, -0.05) is 0 Å². The quantitative estimate of drug-likeness (QED) is 0.791. The van der Waals surface area contributed by atoms with Crippen molar-refractivity contribution in [2.24, 2.45) is 5.73 Å². The van der Waals surface area contributed by atoms with Gasteiger partial charge in [-0.25, -0.2) is 0 Å². The fraction of sp³-hybridized carbons (Fsp3) is 0.636. The molecule has 16 heavy (non-hydrogen) atoms. The van der Waals surface area contributed by atoms with Crippen molar-refractivity contribution in [1.29, 1.82) is 0 Å². The Morgan fingerprint density at radius 2 is 2.00 bits per heavy atom. The number of hydrogen-bond acceptors (Lipinski definition) is 5. The van der Waals surface area contributed by atoms with Gasteiger partial charge in [0.05, 0.1) is 17.9 Å². The van der Waals surface area contributed by atoms with Gasteiger partial charge in [0.2, 0.25) is 0 Å². The summed E-state index contributed by atoms with van der Waals surface area (Å²) < 4.78 is 5.67. The van der Waals surface area contributed by atoms with Gasteiger partial charge in [0.15, 0.2) is 5.82 Å². The van der Waals surface area contributed by atoms with Gasteiger partial charge < -0.3 is 15.4 Å². The van der Waals surface area contributed by atoms with Crippen LogP contribution in [0.3, 0.4) is 0 Å². The van der Waals surface area contributed by atoms with Crippen LogP contribution in [0, 0.1) is 0 Å². The van der Waals surface area contributed by atoms with E-state index in [1.165, 1.54) is 0 Å². The topological polar surface area (TPSA) is 64.3 Å². The van der Waals surface area contributed by atoms with E-state index in [0.717, 1.165) is 24.6 Å². The second kappa shape index (κ2) is 4.76. The number of nitrogens with zero attached hydrogens (tertiary/aromatic N) is 3. The summed E-state index contributed by atoms with van der Waals surface area (Å²) >= 11 is 0. The fourth-order valence-electron chi connectivity index (χ4n) is 2.00. The number of aromatic nitrogens is 2. The third-order valence-electron chi connectivity index (χ3n) is 2.66. The molecule has 0 aromatic carbocycles. The summed E-state index contributed by atoms with van der Waals surface area (Å²) in [5.74, 6) is 0.902. The lowest BCUT2D eigenvalue weighted by molar-refractivity contribution is -0.00550. The summed E-state index contributed by atoms with van der Waals surface area (Å²) in [6, 6.07) is 3.90. The van der Waals surface area contributed by atoms with Crippen LogP contribution >= 0.6 is 0 Å². The molecule has 2 heterocycles. The summed E-state index contributed by atoms with van der Waals surface area (Å²) in [6.45, 7) is 6.31. The van der Waals surface area contributed by atoms with Gasteiger partial charge in [0, 0.05) is 19.6 Å². The van der Waals surface area contributed by atoms with E-state index in [0.29, 0.717) is 6.54 Å². The van der Waals surface area contributed by atoms with Crippen molar-refractivity contribution in [3.8, 4) is 0 Å². The molecule has 1 aromatic heterocycles. The summed E-state index contributed by atoms with van der Waals surface area (Å²) in [5.41, 5.74) is 6.30. The molecule has 2 unspecified atom stereocenters. The second-order valence-corrected chi connectivity index (χ2v) is 4.25. The molecule has 1 aliphatic heterocycles. The highest BCUT2D eigenvalue weighted by Crippen LogP contribution is 2.17. The smallest absolute Gasteiger partial charge is 0.151 e. The van der Waals surface area contributed by atoms with Crippen molar-refractivity contribution >= 4 is 5.82 Å². The lowest BCUT2D eigenvalue weighted by Crippen LogP contribution is -2.45. The van der Waals surface area contributed by atoms with E-state index in [9.17, 15) is 0 Å². The molecule has 2 rings (SSSR count). The van der Waals surface area contributed by atoms with Gasteiger partial charge in [-0.3, -0.25) is 0 Å². The Morgan fingerprint density at radius 3 is 2.50 bits per heavy atom. The first-order valence-corrected chi connectivity index (χ1v) is 5.62. The minimum absolute atomic E-state index is 0.236. The first-order chi connectivity index (χ1) is 7.69. The average Bonchev–Trinajstić information content (AvgIpc) is 2.28. The first-order valence-electron chi connectivity index (χ1n) is 5.62. The Labute approximate surface area is 95.6 Å². The van der Waals surface area contributed by atoms with Crippen LogP contribution in [0.4, 0.5) is 5.82 Å². The molecule has 1 aliphatic rings. The third-order valence-corrected chi connectivity index (χ3v) is 2.66. The predicted molar refractivity (Wildman–Crippen MR) is 62.1 cm³/mol. The maximum Gasteiger partial charge on any atom is 0.151 e. The van der Waals surface area contributed by atoms with E-state index >= 15 is 0 Å². The van der Waals surface area contributed by atoms with Crippen LogP contribution in [0.5, 0.6) is 0 Å². The summed E-state index contributed by atoms with van der Waals surface area (Å²) in [5, 5.41) is 8.25. The molecule has 88 valence electrons. The Kier molecular flexibility index (Phi) is 3.36. The molecule has 1 saturated heterocycles. The molecule has 0 spiro atoms.